The van der Waals surface area contributed by atoms with Gasteiger partial charge in [-0.1, -0.05) is 41.5 Å². The highest BCUT2D eigenvalue weighted by atomic mass is 16.5. The van der Waals surface area contributed by atoms with E-state index in [1.165, 1.54) is 12.8 Å². The van der Waals surface area contributed by atoms with Crippen LogP contribution in [0.2, 0.25) is 0 Å². The minimum Gasteiger partial charge on any atom is -0.381 e. The molecule has 0 aromatic carbocycles. The fourth-order valence-corrected chi connectivity index (χ4v) is 2.65. The van der Waals surface area contributed by atoms with Crippen molar-refractivity contribution < 1.29 is 4.74 Å². The quantitative estimate of drug-likeness (QED) is 0.618. The van der Waals surface area contributed by atoms with Gasteiger partial charge in [0.1, 0.15) is 0 Å². The standard InChI is InChI=1S/C9H16O.2C2H6/c1-9(2)7-4-6(10-3)5-8(7)9;2*1-2/h6-8H,4-5H2,1-3H3;2*1-2H3. The molecule has 0 saturated heterocycles. The van der Waals surface area contributed by atoms with Gasteiger partial charge in [-0.25, -0.2) is 0 Å². The Kier molecular flexibility index (Phi) is 5.73. The van der Waals surface area contributed by atoms with Gasteiger partial charge >= 0.3 is 0 Å². The van der Waals surface area contributed by atoms with Gasteiger partial charge in [0, 0.05) is 7.11 Å². The Morgan fingerprint density at radius 1 is 0.929 bits per heavy atom. The highest BCUT2D eigenvalue weighted by Gasteiger charge is 2.62. The van der Waals surface area contributed by atoms with E-state index in [1.807, 2.05) is 34.8 Å². The second-order valence-electron chi connectivity index (χ2n) is 4.36. The molecular formula is C13H28O. The van der Waals surface area contributed by atoms with Crippen LogP contribution in [0.3, 0.4) is 0 Å². The van der Waals surface area contributed by atoms with Crippen molar-refractivity contribution in [2.75, 3.05) is 7.11 Å². The molecule has 0 radical (unpaired) electrons. The molecule has 14 heavy (non-hydrogen) atoms. The Labute approximate surface area is 90.2 Å². The number of hydrogen-bond donors (Lipinski definition) is 0. The topological polar surface area (TPSA) is 9.23 Å². The lowest BCUT2D eigenvalue weighted by Crippen LogP contribution is -2.12. The van der Waals surface area contributed by atoms with Gasteiger partial charge < -0.3 is 4.74 Å². The summed E-state index contributed by atoms with van der Waals surface area (Å²) in [5.41, 5.74) is 0.662. The lowest BCUT2D eigenvalue weighted by molar-refractivity contribution is 0.0875. The van der Waals surface area contributed by atoms with Gasteiger partial charge in [0.05, 0.1) is 6.10 Å². The maximum Gasteiger partial charge on any atom is 0.0577 e. The predicted molar refractivity (Wildman–Crippen MR) is 63.5 cm³/mol. The summed E-state index contributed by atoms with van der Waals surface area (Å²) in [5.74, 6) is 1.97. The Balaban J connectivity index is 0.000000379. The second-order valence-corrected chi connectivity index (χ2v) is 4.36. The van der Waals surface area contributed by atoms with E-state index in [1.54, 1.807) is 0 Å². The fraction of sp³-hybridized carbons (Fsp3) is 1.00. The van der Waals surface area contributed by atoms with Crippen molar-refractivity contribution in [3.63, 3.8) is 0 Å². The molecule has 2 aliphatic rings. The molecular weight excluding hydrogens is 172 g/mol. The molecule has 0 heterocycles. The van der Waals surface area contributed by atoms with Crippen LogP contribution in [0.5, 0.6) is 0 Å². The average Bonchev–Trinajstić information content (AvgIpc) is 2.65. The molecule has 2 saturated carbocycles. The summed E-state index contributed by atoms with van der Waals surface area (Å²) < 4.78 is 5.31. The van der Waals surface area contributed by atoms with Crippen LogP contribution < -0.4 is 0 Å². The van der Waals surface area contributed by atoms with Gasteiger partial charge in [-0.05, 0) is 30.1 Å². The Morgan fingerprint density at radius 2 is 1.29 bits per heavy atom. The highest BCUT2D eigenvalue weighted by Crippen LogP contribution is 2.66. The van der Waals surface area contributed by atoms with E-state index in [0.717, 1.165) is 11.8 Å². The SMILES string of the molecule is CC.CC.COC1CC2C(C1)C2(C)C. The van der Waals surface area contributed by atoms with Crippen molar-refractivity contribution >= 4 is 0 Å². The number of methoxy groups -OCH3 is 1. The van der Waals surface area contributed by atoms with Crippen molar-refractivity contribution in [2.45, 2.75) is 60.5 Å². The largest absolute Gasteiger partial charge is 0.381 e. The first-order valence-electron chi connectivity index (χ1n) is 6.19. The smallest absolute Gasteiger partial charge is 0.0577 e. The zero-order valence-corrected chi connectivity index (χ0v) is 11.1. The molecule has 0 aromatic heterocycles. The van der Waals surface area contributed by atoms with E-state index in [0.29, 0.717) is 11.5 Å². The average molecular weight is 200 g/mol. The Bertz CT molecular complexity index is 137. The van der Waals surface area contributed by atoms with E-state index in [9.17, 15) is 0 Å². The van der Waals surface area contributed by atoms with Crippen LogP contribution in [0, 0.1) is 17.3 Å². The minimum atomic E-state index is 0.586. The zero-order chi connectivity index (χ0) is 11.4. The molecule has 1 heteroatoms. The number of rotatable bonds is 1. The lowest BCUT2D eigenvalue weighted by Gasteiger charge is -2.14. The van der Waals surface area contributed by atoms with E-state index < -0.39 is 0 Å². The van der Waals surface area contributed by atoms with Crippen LogP contribution in [0.4, 0.5) is 0 Å². The van der Waals surface area contributed by atoms with Crippen LogP contribution in [0.1, 0.15) is 54.4 Å². The summed E-state index contributed by atoms with van der Waals surface area (Å²) >= 11 is 0. The third-order valence-corrected chi connectivity index (χ3v) is 3.65. The lowest BCUT2D eigenvalue weighted by atomic mass is 9.99. The molecule has 0 aliphatic heterocycles. The first-order valence-corrected chi connectivity index (χ1v) is 6.19. The zero-order valence-electron chi connectivity index (χ0n) is 11.1. The maximum absolute atomic E-state index is 5.31. The Hall–Kier alpha value is -0.0400. The van der Waals surface area contributed by atoms with Gasteiger partial charge in [-0.2, -0.15) is 0 Å². The molecule has 0 amide bonds. The first kappa shape index (κ1) is 14.0. The van der Waals surface area contributed by atoms with Gasteiger partial charge in [-0.15, -0.1) is 0 Å². The molecule has 0 aromatic rings. The number of hydrogen-bond acceptors (Lipinski definition) is 1. The van der Waals surface area contributed by atoms with Crippen molar-refractivity contribution in [3.8, 4) is 0 Å². The third kappa shape index (κ3) is 2.50. The second kappa shape index (κ2) is 5.75. The normalized spacial score (nSPS) is 35.8. The van der Waals surface area contributed by atoms with E-state index in [4.69, 9.17) is 4.74 Å². The summed E-state index contributed by atoms with van der Waals surface area (Å²) in [7, 11) is 1.84. The number of ether oxygens (including phenoxy) is 1. The monoisotopic (exact) mass is 200 g/mol. The van der Waals surface area contributed by atoms with Crippen LogP contribution in [0.15, 0.2) is 0 Å². The minimum absolute atomic E-state index is 0.586. The maximum atomic E-state index is 5.31. The molecule has 0 spiro atoms. The predicted octanol–water partition coefficient (Wildman–Crippen LogP) is 4.12. The van der Waals surface area contributed by atoms with E-state index in [-0.39, 0.29) is 0 Å². The number of fused-ring (bicyclic) bond motifs is 1. The summed E-state index contributed by atoms with van der Waals surface area (Å²) in [5, 5.41) is 0. The van der Waals surface area contributed by atoms with Crippen molar-refractivity contribution in [1.29, 1.82) is 0 Å². The van der Waals surface area contributed by atoms with Crippen LogP contribution >= 0.6 is 0 Å². The Morgan fingerprint density at radius 3 is 1.57 bits per heavy atom. The molecule has 2 fully saturated rings. The van der Waals surface area contributed by atoms with E-state index in [2.05, 4.69) is 13.8 Å². The highest BCUT2D eigenvalue weighted by molar-refractivity contribution is 5.10. The van der Waals surface area contributed by atoms with Gasteiger partial charge in [-0.3, -0.25) is 0 Å². The van der Waals surface area contributed by atoms with Crippen LogP contribution in [0.25, 0.3) is 0 Å². The first-order chi connectivity index (χ1) is 6.66. The summed E-state index contributed by atoms with van der Waals surface area (Å²) in [4.78, 5) is 0. The van der Waals surface area contributed by atoms with Crippen molar-refractivity contribution in [1.82, 2.24) is 0 Å². The molecule has 2 unspecified atom stereocenters. The third-order valence-electron chi connectivity index (χ3n) is 3.65. The molecule has 0 N–H and O–H groups in total. The van der Waals surface area contributed by atoms with E-state index >= 15 is 0 Å². The summed E-state index contributed by atoms with van der Waals surface area (Å²) in [6.45, 7) is 12.8. The summed E-state index contributed by atoms with van der Waals surface area (Å²) in [6.07, 6.45) is 3.21. The van der Waals surface area contributed by atoms with Crippen molar-refractivity contribution in [3.05, 3.63) is 0 Å². The fourth-order valence-electron chi connectivity index (χ4n) is 2.65. The summed E-state index contributed by atoms with van der Waals surface area (Å²) in [6, 6.07) is 0. The van der Waals surface area contributed by atoms with Gasteiger partial charge in [0.25, 0.3) is 0 Å². The molecule has 2 aliphatic carbocycles. The van der Waals surface area contributed by atoms with Crippen LogP contribution in [-0.4, -0.2) is 13.2 Å². The van der Waals surface area contributed by atoms with Gasteiger partial charge in [0.15, 0.2) is 0 Å². The molecule has 2 rings (SSSR count). The molecule has 86 valence electrons. The van der Waals surface area contributed by atoms with Gasteiger partial charge in [0.2, 0.25) is 0 Å². The van der Waals surface area contributed by atoms with Crippen molar-refractivity contribution in [2.24, 2.45) is 17.3 Å². The molecule has 0 bridgehead atoms. The van der Waals surface area contributed by atoms with Crippen LogP contribution in [-0.2, 0) is 4.74 Å². The molecule has 1 nitrogen and oxygen atoms in total. The molecule has 2 atom stereocenters.